The van der Waals surface area contributed by atoms with Gasteiger partial charge in [0.2, 0.25) is 10.0 Å². The Hall–Kier alpha value is -2.22. The molecule has 156 valence electrons. The second-order valence-electron chi connectivity index (χ2n) is 7.39. The van der Waals surface area contributed by atoms with Gasteiger partial charge in [-0.3, -0.25) is 4.79 Å². The maximum absolute atomic E-state index is 12.9. The van der Waals surface area contributed by atoms with Gasteiger partial charge in [-0.05, 0) is 49.9 Å². The van der Waals surface area contributed by atoms with Crippen LogP contribution in [0.25, 0.3) is 0 Å². The van der Waals surface area contributed by atoms with Crippen molar-refractivity contribution in [1.29, 1.82) is 0 Å². The molecule has 1 saturated heterocycles. The number of carbonyl (C=O) groups excluding carboxylic acids is 1. The Morgan fingerprint density at radius 3 is 2.52 bits per heavy atom. The zero-order valence-corrected chi connectivity index (χ0v) is 17.7. The van der Waals surface area contributed by atoms with Crippen molar-refractivity contribution in [1.82, 2.24) is 9.62 Å². The van der Waals surface area contributed by atoms with Gasteiger partial charge >= 0.3 is 0 Å². The summed E-state index contributed by atoms with van der Waals surface area (Å²) in [6, 6.07) is 14.8. The Bertz CT molecular complexity index is 939. The molecule has 2 aromatic carbocycles. The van der Waals surface area contributed by atoms with Gasteiger partial charge in [0.1, 0.15) is 0 Å². The van der Waals surface area contributed by atoms with Crippen LogP contribution >= 0.6 is 0 Å². The third-order valence-electron chi connectivity index (χ3n) is 5.15. The van der Waals surface area contributed by atoms with Crippen LogP contribution in [0.1, 0.15) is 34.8 Å². The molecule has 0 bridgehead atoms. The summed E-state index contributed by atoms with van der Waals surface area (Å²) in [6.45, 7) is 5.20. The Morgan fingerprint density at radius 2 is 1.83 bits per heavy atom. The van der Waals surface area contributed by atoms with Crippen LogP contribution in [-0.4, -0.2) is 51.0 Å². The highest BCUT2D eigenvalue weighted by molar-refractivity contribution is 7.89. The molecule has 6 nitrogen and oxygen atoms in total. The number of aryl methyl sites for hydroxylation is 2. The maximum Gasteiger partial charge on any atom is 0.251 e. The Labute approximate surface area is 172 Å². The third-order valence-corrected chi connectivity index (χ3v) is 7.04. The van der Waals surface area contributed by atoms with Gasteiger partial charge in [0, 0.05) is 24.7 Å². The first-order chi connectivity index (χ1) is 13.9. The number of hydrogen-bond donors (Lipinski definition) is 1. The number of nitrogens with one attached hydrogen (secondary N) is 1. The summed E-state index contributed by atoms with van der Waals surface area (Å²) in [5.74, 6) is -0.248. The molecular formula is C22H28N2O4S. The molecule has 1 aliphatic heterocycles. The van der Waals surface area contributed by atoms with E-state index in [4.69, 9.17) is 4.74 Å². The van der Waals surface area contributed by atoms with Crippen molar-refractivity contribution in [3.63, 3.8) is 0 Å². The van der Waals surface area contributed by atoms with Crippen molar-refractivity contribution in [2.24, 2.45) is 0 Å². The molecule has 1 aliphatic rings. The number of amides is 1. The quantitative estimate of drug-likeness (QED) is 0.753. The van der Waals surface area contributed by atoms with Crippen molar-refractivity contribution in [3.8, 4) is 0 Å². The molecule has 0 spiro atoms. The lowest BCUT2D eigenvalue weighted by Gasteiger charge is -2.26. The topological polar surface area (TPSA) is 75.7 Å². The number of sulfonamides is 1. The highest BCUT2D eigenvalue weighted by Crippen LogP contribution is 2.21. The van der Waals surface area contributed by atoms with E-state index in [-0.39, 0.29) is 16.8 Å². The molecule has 1 atom stereocenters. The number of carbonyl (C=O) groups is 1. The Kier molecular flexibility index (Phi) is 7.05. The van der Waals surface area contributed by atoms with Gasteiger partial charge in [-0.15, -0.1) is 0 Å². The van der Waals surface area contributed by atoms with Crippen LogP contribution in [0.3, 0.4) is 0 Å². The van der Waals surface area contributed by atoms with Crippen molar-refractivity contribution in [2.75, 3.05) is 26.3 Å². The zero-order chi connectivity index (χ0) is 20.9. The van der Waals surface area contributed by atoms with Crippen molar-refractivity contribution in [2.45, 2.75) is 37.6 Å². The molecule has 1 amide bonds. The van der Waals surface area contributed by atoms with Crippen LogP contribution in [0.15, 0.2) is 53.4 Å². The van der Waals surface area contributed by atoms with E-state index in [1.165, 1.54) is 15.9 Å². The second kappa shape index (κ2) is 9.52. The first-order valence-electron chi connectivity index (χ1n) is 9.91. The van der Waals surface area contributed by atoms with Gasteiger partial charge in [0.05, 0.1) is 18.1 Å². The summed E-state index contributed by atoms with van der Waals surface area (Å²) in [5.41, 5.74) is 2.37. The second-order valence-corrected chi connectivity index (χ2v) is 9.33. The van der Waals surface area contributed by atoms with E-state index in [0.717, 1.165) is 18.4 Å². The van der Waals surface area contributed by atoms with Crippen LogP contribution < -0.4 is 5.32 Å². The summed E-state index contributed by atoms with van der Waals surface area (Å²) < 4.78 is 32.4. The van der Waals surface area contributed by atoms with Gasteiger partial charge in [-0.1, -0.05) is 36.4 Å². The van der Waals surface area contributed by atoms with Crippen molar-refractivity contribution < 1.29 is 17.9 Å². The number of ether oxygens (including phenoxy) is 1. The lowest BCUT2D eigenvalue weighted by atomic mass is 10.0. The van der Waals surface area contributed by atoms with Gasteiger partial charge in [0.25, 0.3) is 5.91 Å². The maximum atomic E-state index is 12.9. The minimum Gasteiger partial charge on any atom is -0.379 e. The van der Waals surface area contributed by atoms with Crippen molar-refractivity contribution in [3.05, 3.63) is 65.2 Å². The molecule has 3 rings (SSSR count). The fourth-order valence-corrected chi connectivity index (χ4v) is 4.78. The first-order valence-corrected chi connectivity index (χ1v) is 11.4. The van der Waals surface area contributed by atoms with E-state index in [0.29, 0.717) is 31.9 Å². The normalized spacial score (nSPS) is 16.3. The number of benzene rings is 2. The number of nitrogens with zero attached hydrogens (tertiary/aromatic N) is 1. The number of morpholine rings is 1. The number of hydrogen-bond acceptors (Lipinski definition) is 4. The van der Waals surface area contributed by atoms with Crippen LogP contribution in [0.2, 0.25) is 0 Å². The average Bonchev–Trinajstić information content (AvgIpc) is 2.73. The summed E-state index contributed by atoms with van der Waals surface area (Å²) >= 11 is 0. The highest BCUT2D eigenvalue weighted by Gasteiger charge is 2.27. The third kappa shape index (κ3) is 5.44. The van der Waals surface area contributed by atoms with E-state index in [1.807, 2.05) is 32.0 Å². The summed E-state index contributed by atoms with van der Waals surface area (Å²) in [5, 5.41) is 3.00. The SMILES string of the molecule is Cc1ccc(S(=O)(=O)N2CCOCC2)cc1C(=O)NC(C)CCc1ccccc1. The smallest absolute Gasteiger partial charge is 0.251 e. The molecule has 1 unspecified atom stereocenters. The molecule has 0 saturated carbocycles. The Morgan fingerprint density at radius 1 is 1.14 bits per heavy atom. The van der Waals surface area contributed by atoms with E-state index in [9.17, 15) is 13.2 Å². The molecule has 1 heterocycles. The van der Waals surface area contributed by atoms with E-state index < -0.39 is 10.0 Å². The average molecular weight is 417 g/mol. The van der Waals surface area contributed by atoms with E-state index in [1.54, 1.807) is 12.1 Å². The summed E-state index contributed by atoms with van der Waals surface area (Å²) in [6.07, 6.45) is 1.67. The van der Waals surface area contributed by atoms with Crippen LogP contribution in [0.5, 0.6) is 0 Å². The fraction of sp³-hybridized carbons (Fsp3) is 0.409. The van der Waals surface area contributed by atoms with Crippen LogP contribution in [-0.2, 0) is 21.2 Å². The van der Waals surface area contributed by atoms with E-state index in [2.05, 4.69) is 17.4 Å². The molecule has 2 aromatic rings. The molecule has 29 heavy (non-hydrogen) atoms. The molecule has 0 radical (unpaired) electrons. The standard InChI is InChI=1S/C22H28N2O4S/c1-17-8-11-20(29(26,27)24-12-14-28-15-13-24)16-21(17)22(25)23-18(2)9-10-19-6-4-3-5-7-19/h3-8,11,16,18H,9-10,12-15H2,1-2H3,(H,23,25). The first kappa shape index (κ1) is 21.5. The van der Waals surface area contributed by atoms with Crippen LogP contribution in [0, 0.1) is 6.92 Å². The molecule has 0 aliphatic carbocycles. The zero-order valence-electron chi connectivity index (χ0n) is 16.9. The Balaban J connectivity index is 1.69. The summed E-state index contributed by atoms with van der Waals surface area (Å²) in [4.78, 5) is 12.9. The van der Waals surface area contributed by atoms with Gasteiger partial charge in [-0.25, -0.2) is 8.42 Å². The fourth-order valence-electron chi connectivity index (χ4n) is 3.34. The lowest BCUT2D eigenvalue weighted by molar-refractivity contribution is 0.0730. The minimum atomic E-state index is -3.64. The molecule has 1 N–H and O–H groups in total. The number of rotatable bonds is 7. The molecule has 7 heteroatoms. The molecule has 0 aromatic heterocycles. The highest BCUT2D eigenvalue weighted by atomic mass is 32.2. The van der Waals surface area contributed by atoms with Crippen LogP contribution in [0.4, 0.5) is 0 Å². The largest absolute Gasteiger partial charge is 0.379 e. The van der Waals surface area contributed by atoms with E-state index >= 15 is 0 Å². The van der Waals surface area contributed by atoms with Gasteiger partial charge in [0.15, 0.2) is 0 Å². The minimum absolute atomic E-state index is 0.0263. The van der Waals surface area contributed by atoms with Gasteiger partial charge in [-0.2, -0.15) is 4.31 Å². The predicted octanol–water partition coefficient (Wildman–Crippen LogP) is 2.77. The monoisotopic (exact) mass is 416 g/mol. The lowest BCUT2D eigenvalue weighted by Crippen LogP contribution is -2.40. The predicted molar refractivity (Wildman–Crippen MR) is 112 cm³/mol. The van der Waals surface area contributed by atoms with Crippen molar-refractivity contribution >= 4 is 15.9 Å². The molecular weight excluding hydrogens is 388 g/mol. The summed E-state index contributed by atoms with van der Waals surface area (Å²) in [7, 11) is -3.64. The van der Waals surface area contributed by atoms with Gasteiger partial charge < -0.3 is 10.1 Å². The molecule has 1 fully saturated rings.